The van der Waals surface area contributed by atoms with Gasteiger partial charge in [-0.1, -0.05) is 43.7 Å². The molecule has 0 spiro atoms. The number of hydrogen-bond acceptors (Lipinski definition) is 2. The van der Waals surface area contributed by atoms with Crippen LogP contribution in [0.4, 0.5) is 0 Å². The Balaban J connectivity index is 2.03. The monoisotopic (exact) mass is 235 g/mol. The molecule has 0 saturated carbocycles. The van der Waals surface area contributed by atoms with Crippen molar-refractivity contribution in [1.29, 1.82) is 0 Å². The van der Waals surface area contributed by atoms with E-state index in [1.165, 1.54) is 12.0 Å². The number of ether oxygens (including phenoxy) is 1. The van der Waals surface area contributed by atoms with Crippen LogP contribution >= 0.6 is 0 Å². The van der Waals surface area contributed by atoms with Gasteiger partial charge >= 0.3 is 0 Å². The van der Waals surface area contributed by atoms with Gasteiger partial charge in [0.1, 0.15) is 0 Å². The summed E-state index contributed by atoms with van der Waals surface area (Å²) in [7, 11) is 0. The van der Waals surface area contributed by atoms with Crippen LogP contribution in [0.2, 0.25) is 0 Å². The summed E-state index contributed by atoms with van der Waals surface area (Å²) >= 11 is 0. The zero-order valence-electron chi connectivity index (χ0n) is 10.9. The lowest BCUT2D eigenvalue weighted by Crippen LogP contribution is -2.22. The van der Waals surface area contributed by atoms with E-state index < -0.39 is 0 Å². The van der Waals surface area contributed by atoms with Crippen molar-refractivity contribution >= 4 is 0 Å². The summed E-state index contributed by atoms with van der Waals surface area (Å²) in [5, 5.41) is 0. The van der Waals surface area contributed by atoms with Crippen LogP contribution in [0.1, 0.15) is 38.2 Å². The first-order valence-electron chi connectivity index (χ1n) is 6.70. The fourth-order valence-electron chi connectivity index (χ4n) is 1.72. The Labute approximate surface area is 105 Å². The van der Waals surface area contributed by atoms with Crippen molar-refractivity contribution in [2.75, 3.05) is 13.2 Å². The second-order valence-electron chi connectivity index (χ2n) is 4.54. The highest BCUT2D eigenvalue weighted by Gasteiger charge is 2.02. The number of benzene rings is 1. The third kappa shape index (κ3) is 7.14. The van der Waals surface area contributed by atoms with E-state index in [0.717, 1.165) is 38.9 Å². The highest BCUT2D eigenvalue weighted by molar-refractivity contribution is 5.14. The fourth-order valence-corrected chi connectivity index (χ4v) is 1.72. The van der Waals surface area contributed by atoms with Crippen LogP contribution in [0.25, 0.3) is 0 Å². The van der Waals surface area contributed by atoms with E-state index in [1.54, 1.807) is 0 Å². The molecule has 2 heteroatoms. The molecular weight excluding hydrogens is 210 g/mol. The lowest BCUT2D eigenvalue weighted by Gasteiger charge is -2.11. The van der Waals surface area contributed by atoms with Gasteiger partial charge in [0, 0.05) is 19.3 Å². The highest BCUT2D eigenvalue weighted by atomic mass is 16.5. The average molecular weight is 235 g/mol. The molecule has 1 unspecified atom stereocenters. The maximum Gasteiger partial charge on any atom is 0.0480 e. The zero-order valence-corrected chi connectivity index (χ0v) is 10.9. The first-order valence-corrected chi connectivity index (χ1v) is 6.70. The van der Waals surface area contributed by atoms with E-state index in [2.05, 4.69) is 31.2 Å². The second kappa shape index (κ2) is 9.20. The molecule has 1 aromatic carbocycles. The summed E-state index contributed by atoms with van der Waals surface area (Å²) in [5.41, 5.74) is 7.43. The third-order valence-corrected chi connectivity index (χ3v) is 2.92. The molecule has 1 atom stereocenters. The molecule has 0 radical (unpaired) electrons. The maximum absolute atomic E-state index is 6.06. The van der Waals surface area contributed by atoms with Gasteiger partial charge in [0.15, 0.2) is 0 Å². The van der Waals surface area contributed by atoms with E-state index in [-0.39, 0.29) is 6.04 Å². The molecule has 0 bridgehead atoms. The number of aryl methyl sites for hydroxylation is 1. The van der Waals surface area contributed by atoms with Crippen LogP contribution in [0, 0.1) is 0 Å². The molecule has 0 aliphatic carbocycles. The van der Waals surface area contributed by atoms with Gasteiger partial charge < -0.3 is 10.5 Å². The van der Waals surface area contributed by atoms with Crippen molar-refractivity contribution in [2.24, 2.45) is 5.73 Å². The quantitative estimate of drug-likeness (QED) is 0.667. The van der Waals surface area contributed by atoms with Gasteiger partial charge in [-0.05, 0) is 31.2 Å². The second-order valence-corrected chi connectivity index (χ2v) is 4.54. The van der Waals surface area contributed by atoms with Gasteiger partial charge in [-0.15, -0.1) is 0 Å². The minimum absolute atomic E-state index is 0.261. The number of rotatable bonds is 9. The Morgan fingerprint density at radius 1 is 1.12 bits per heavy atom. The fraction of sp³-hybridized carbons (Fsp3) is 0.600. The predicted octanol–water partition coefficient (Wildman–Crippen LogP) is 3.15. The summed E-state index contributed by atoms with van der Waals surface area (Å²) in [6.07, 6.45) is 5.42. The van der Waals surface area contributed by atoms with Gasteiger partial charge in [0.05, 0.1) is 0 Å². The largest absolute Gasteiger partial charge is 0.381 e. The molecule has 0 aliphatic rings. The van der Waals surface area contributed by atoms with E-state index in [9.17, 15) is 0 Å². The standard InChI is InChI=1S/C15H25NO/c1-2-3-12-17-13-11-15(16)10-9-14-7-5-4-6-8-14/h4-8,15H,2-3,9-13,16H2,1H3. The Morgan fingerprint density at radius 3 is 2.59 bits per heavy atom. The average Bonchev–Trinajstić information content (AvgIpc) is 2.37. The molecule has 17 heavy (non-hydrogen) atoms. The first-order chi connectivity index (χ1) is 8.33. The minimum Gasteiger partial charge on any atom is -0.381 e. The Hall–Kier alpha value is -0.860. The van der Waals surface area contributed by atoms with Crippen LogP contribution in [0.3, 0.4) is 0 Å². The van der Waals surface area contributed by atoms with Crippen molar-refractivity contribution in [3.05, 3.63) is 35.9 Å². The SMILES string of the molecule is CCCCOCCC(N)CCc1ccccc1. The van der Waals surface area contributed by atoms with Crippen LogP contribution in [0.5, 0.6) is 0 Å². The Kier molecular flexibility index (Phi) is 7.69. The normalized spacial score (nSPS) is 12.6. The van der Waals surface area contributed by atoms with Crippen molar-refractivity contribution < 1.29 is 4.74 Å². The van der Waals surface area contributed by atoms with Gasteiger partial charge in [-0.2, -0.15) is 0 Å². The van der Waals surface area contributed by atoms with Crippen LogP contribution in [-0.2, 0) is 11.2 Å². The third-order valence-electron chi connectivity index (χ3n) is 2.92. The molecule has 1 rings (SSSR count). The molecule has 96 valence electrons. The van der Waals surface area contributed by atoms with E-state index >= 15 is 0 Å². The van der Waals surface area contributed by atoms with Gasteiger partial charge in [-0.3, -0.25) is 0 Å². The van der Waals surface area contributed by atoms with Crippen LogP contribution in [-0.4, -0.2) is 19.3 Å². The smallest absolute Gasteiger partial charge is 0.0480 e. The summed E-state index contributed by atoms with van der Waals surface area (Å²) in [5.74, 6) is 0. The van der Waals surface area contributed by atoms with Crippen molar-refractivity contribution in [3.8, 4) is 0 Å². The summed E-state index contributed by atoms with van der Waals surface area (Å²) in [6, 6.07) is 10.8. The summed E-state index contributed by atoms with van der Waals surface area (Å²) in [4.78, 5) is 0. The molecule has 0 heterocycles. The van der Waals surface area contributed by atoms with Crippen LogP contribution < -0.4 is 5.73 Å². The molecule has 0 aromatic heterocycles. The highest BCUT2D eigenvalue weighted by Crippen LogP contribution is 2.06. The Morgan fingerprint density at radius 2 is 1.88 bits per heavy atom. The van der Waals surface area contributed by atoms with Crippen molar-refractivity contribution in [3.63, 3.8) is 0 Å². The van der Waals surface area contributed by atoms with E-state index in [4.69, 9.17) is 10.5 Å². The number of hydrogen-bond donors (Lipinski definition) is 1. The van der Waals surface area contributed by atoms with Crippen molar-refractivity contribution in [2.45, 2.75) is 45.1 Å². The molecule has 1 aromatic rings. The van der Waals surface area contributed by atoms with E-state index in [0.29, 0.717) is 0 Å². The topological polar surface area (TPSA) is 35.2 Å². The maximum atomic E-state index is 6.06. The molecule has 0 aliphatic heterocycles. The molecular formula is C15H25NO. The summed E-state index contributed by atoms with van der Waals surface area (Å²) in [6.45, 7) is 3.85. The number of nitrogens with two attached hydrogens (primary N) is 1. The van der Waals surface area contributed by atoms with Crippen molar-refractivity contribution in [1.82, 2.24) is 0 Å². The number of unbranched alkanes of at least 4 members (excludes halogenated alkanes) is 1. The van der Waals surface area contributed by atoms with Gasteiger partial charge in [0.25, 0.3) is 0 Å². The van der Waals surface area contributed by atoms with Gasteiger partial charge in [0.2, 0.25) is 0 Å². The lowest BCUT2D eigenvalue weighted by molar-refractivity contribution is 0.124. The molecule has 2 N–H and O–H groups in total. The molecule has 0 saturated heterocycles. The summed E-state index contributed by atoms with van der Waals surface area (Å²) < 4.78 is 5.52. The lowest BCUT2D eigenvalue weighted by atomic mass is 10.0. The van der Waals surface area contributed by atoms with E-state index in [1.807, 2.05) is 6.07 Å². The van der Waals surface area contributed by atoms with Gasteiger partial charge in [-0.25, -0.2) is 0 Å². The first kappa shape index (κ1) is 14.2. The molecule has 0 amide bonds. The minimum atomic E-state index is 0.261. The predicted molar refractivity (Wildman–Crippen MR) is 73.1 cm³/mol. The molecule has 0 fully saturated rings. The zero-order chi connectivity index (χ0) is 12.3. The Bertz CT molecular complexity index is 274. The molecule has 2 nitrogen and oxygen atoms in total. The van der Waals surface area contributed by atoms with Crippen LogP contribution in [0.15, 0.2) is 30.3 Å².